The molecule has 0 radical (unpaired) electrons. The molecule has 7 heteroatoms. The first-order chi connectivity index (χ1) is 15.7. The topological polar surface area (TPSA) is 82.4 Å². The van der Waals surface area contributed by atoms with Crippen molar-refractivity contribution < 1.29 is 5.11 Å². The summed E-state index contributed by atoms with van der Waals surface area (Å²) in [5, 5.41) is 17.7. The van der Waals surface area contributed by atoms with Gasteiger partial charge in [0, 0.05) is 24.9 Å². The first kappa shape index (κ1) is 23.1. The molecule has 3 N–H and O–H groups in total. The maximum atomic E-state index is 9.56. The number of thioether (sulfide) groups is 1. The van der Waals surface area contributed by atoms with Crippen LogP contribution in [0.25, 0.3) is 0 Å². The molecular formula is C25H35N5OS. The third-order valence-electron chi connectivity index (χ3n) is 6.34. The molecule has 1 aliphatic heterocycles. The summed E-state index contributed by atoms with van der Waals surface area (Å²) < 4.78 is 0. The predicted molar refractivity (Wildman–Crippen MR) is 135 cm³/mol. The highest BCUT2D eigenvalue weighted by Gasteiger charge is 2.27. The SMILES string of the molecule is CCCCCCNc1nc(C)c(C2=Nc3ccccc3CS2)c(N[C@H]2CC[C@@H](CO)C2)n1. The Labute approximate surface area is 195 Å². The van der Waals surface area contributed by atoms with Gasteiger partial charge in [-0.15, -0.1) is 11.8 Å². The maximum absolute atomic E-state index is 9.56. The summed E-state index contributed by atoms with van der Waals surface area (Å²) in [6, 6.07) is 8.65. The minimum Gasteiger partial charge on any atom is -0.396 e. The van der Waals surface area contributed by atoms with E-state index in [4.69, 9.17) is 15.0 Å². The van der Waals surface area contributed by atoms with E-state index in [1.807, 2.05) is 6.07 Å². The second-order valence-corrected chi connectivity index (χ2v) is 9.84. The fourth-order valence-electron chi connectivity index (χ4n) is 4.49. The summed E-state index contributed by atoms with van der Waals surface area (Å²) in [6.07, 6.45) is 7.93. The zero-order valence-corrected chi connectivity index (χ0v) is 20.0. The van der Waals surface area contributed by atoms with Gasteiger partial charge in [-0.1, -0.05) is 44.4 Å². The Morgan fingerprint density at radius 3 is 2.81 bits per heavy atom. The van der Waals surface area contributed by atoms with Crippen molar-refractivity contribution in [3.05, 3.63) is 41.1 Å². The zero-order chi connectivity index (χ0) is 22.3. The van der Waals surface area contributed by atoms with Crippen LogP contribution >= 0.6 is 11.8 Å². The number of rotatable bonds is 10. The average molecular weight is 454 g/mol. The first-order valence-electron chi connectivity index (χ1n) is 12.0. The number of para-hydroxylation sites is 1. The van der Waals surface area contributed by atoms with Crippen LogP contribution in [0, 0.1) is 12.8 Å². The minimum absolute atomic E-state index is 0.262. The van der Waals surface area contributed by atoms with Gasteiger partial charge < -0.3 is 15.7 Å². The van der Waals surface area contributed by atoms with Crippen molar-refractivity contribution in [3.63, 3.8) is 0 Å². The summed E-state index contributed by atoms with van der Waals surface area (Å²) in [7, 11) is 0. The molecule has 0 unspecified atom stereocenters. The van der Waals surface area contributed by atoms with Gasteiger partial charge in [0.2, 0.25) is 5.95 Å². The number of benzene rings is 1. The van der Waals surface area contributed by atoms with Gasteiger partial charge in [-0.2, -0.15) is 4.98 Å². The van der Waals surface area contributed by atoms with E-state index in [1.54, 1.807) is 11.8 Å². The quantitative estimate of drug-likeness (QED) is 0.402. The number of hydrogen-bond donors (Lipinski definition) is 3. The number of aromatic nitrogens is 2. The molecule has 172 valence electrons. The average Bonchev–Trinajstić information content (AvgIpc) is 3.26. The molecule has 0 bridgehead atoms. The highest BCUT2D eigenvalue weighted by Crippen LogP contribution is 2.37. The lowest BCUT2D eigenvalue weighted by molar-refractivity contribution is 0.229. The zero-order valence-electron chi connectivity index (χ0n) is 19.2. The summed E-state index contributed by atoms with van der Waals surface area (Å²) in [5.41, 5.74) is 4.25. The Hall–Kier alpha value is -2.12. The lowest BCUT2D eigenvalue weighted by atomic mass is 10.1. The van der Waals surface area contributed by atoms with Crippen molar-refractivity contribution in [1.29, 1.82) is 0 Å². The van der Waals surface area contributed by atoms with Gasteiger partial charge in [0.05, 0.1) is 16.9 Å². The highest BCUT2D eigenvalue weighted by atomic mass is 32.2. The Bertz CT molecular complexity index is 948. The van der Waals surface area contributed by atoms with E-state index >= 15 is 0 Å². The van der Waals surface area contributed by atoms with Crippen LogP contribution < -0.4 is 10.6 Å². The van der Waals surface area contributed by atoms with E-state index in [0.717, 1.165) is 65.8 Å². The van der Waals surface area contributed by atoms with Crippen molar-refractivity contribution in [2.75, 3.05) is 23.8 Å². The molecule has 0 amide bonds. The smallest absolute Gasteiger partial charge is 0.224 e. The Balaban J connectivity index is 1.60. The molecule has 1 saturated carbocycles. The molecule has 1 aromatic heterocycles. The monoisotopic (exact) mass is 453 g/mol. The van der Waals surface area contributed by atoms with Crippen molar-refractivity contribution in [3.8, 4) is 0 Å². The highest BCUT2D eigenvalue weighted by molar-refractivity contribution is 8.13. The molecule has 2 heterocycles. The summed E-state index contributed by atoms with van der Waals surface area (Å²) >= 11 is 1.75. The van der Waals surface area contributed by atoms with Gasteiger partial charge in [-0.3, -0.25) is 0 Å². The van der Waals surface area contributed by atoms with Crippen molar-refractivity contribution >= 4 is 34.3 Å². The lowest BCUT2D eigenvalue weighted by Crippen LogP contribution is -2.21. The number of anilines is 2. The van der Waals surface area contributed by atoms with Crippen molar-refractivity contribution in [2.45, 2.75) is 70.6 Å². The summed E-state index contributed by atoms with van der Waals surface area (Å²) in [4.78, 5) is 14.7. The molecule has 0 spiro atoms. The third-order valence-corrected chi connectivity index (χ3v) is 7.36. The molecule has 1 aromatic carbocycles. The molecular weight excluding hydrogens is 418 g/mol. The molecule has 2 aromatic rings. The number of aryl methyl sites for hydroxylation is 1. The molecule has 1 aliphatic carbocycles. The molecule has 2 aliphatic rings. The van der Waals surface area contributed by atoms with Crippen LogP contribution in [0.5, 0.6) is 0 Å². The van der Waals surface area contributed by atoms with Gasteiger partial charge in [0.25, 0.3) is 0 Å². The second kappa shape index (κ2) is 11.1. The van der Waals surface area contributed by atoms with E-state index in [2.05, 4.69) is 42.7 Å². The maximum Gasteiger partial charge on any atom is 0.224 e. The van der Waals surface area contributed by atoms with Crippen molar-refractivity contribution in [1.82, 2.24) is 9.97 Å². The lowest BCUT2D eigenvalue weighted by Gasteiger charge is -2.22. The summed E-state index contributed by atoms with van der Waals surface area (Å²) in [6.45, 7) is 5.43. The number of aliphatic hydroxyl groups is 1. The number of fused-ring (bicyclic) bond motifs is 1. The van der Waals surface area contributed by atoms with Crippen LogP contribution in [-0.4, -0.2) is 39.3 Å². The van der Waals surface area contributed by atoms with Crippen LogP contribution in [0.15, 0.2) is 29.3 Å². The van der Waals surface area contributed by atoms with E-state index in [0.29, 0.717) is 17.9 Å². The molecule has 1 fully saturated rings. The standard InChI is InChI=1S/C25H35N5OS/c1-3-4-5-8-13-26-25-27-17(2)22(23(30-25)28-20-12-11-18(14-20)15-31)24-29-21-10-7-6-9-19(21)16-32-24/h6-7,9-10,18,20,31H,3-5,8,11-16H2,1-2H3,(H2,26,27,28,30)/t18-,20+/m1/s1. The Kier molecular flexibility index (Phi) is 8.03. The fraction of sp³-hybridized carbons (Fsp3) is 0.560. The third kappa shape index (κ3) is 5.62. The molecule has 2 atom stereocenters. The van der Waals surface area contributed by atoms with Gasteiger partial charge in [0.15, 0.2) is 0 Å². The number of unbranched alkanes of at least 4 members (excludes halogenated alkanes) is 3. The normalized spacial score (nSPS) is 20.0. The molecule has 4 rings (SSSR count). The second-order valence-electron chi connectivity index (χ2n) is 8.88. The number of nitrogens with one attached hydrogen (secondary N) is 2. The Morgan fingerprint density at radius 2 is 2.00 bits per heavy atom. The van der Waals surface area contributed by atoms with Gasteiger partial charge in [0.1, 0.15) is 10.9 Å². The Morgan fingerprint density at radius 1 is 1.12 bits per heavy atom. The molecule has 32 heavy (non-hydrogen) atoms. The van der Waals surface area contributed by atoms with Gasteiger partial charge >= 0.3 is 0 Å². The van der Waals surface area contributed by atoms with Gasteiger partial charge in [-0.25, -0.2) is 9.98 Å². The van der Waals surface area contributed by atoms with Crippen molar-refractivity contribution in [2.24, 2.45) is 10.9 Å². The molecule has 0 saturated heterocycles. The van der Waals surface area contributed by atoms with Crippen LogP contribution in [0.1, 0.15) is 68.7 Å². The van der Waals surface area contributed by atoms with Crippen LogP contribution in [0.4, 0.5) is 17.5 Å². The first-order valence-corrected chi connectivity index (χ1v) is 13.0. The number of hydrogen-bond acceptors (Lipinski definition) is 7. The van der Waals surface area contributed by atoms with Crippen LogP contribution in [0.2, 0.25) is 0 Å². The number of nitrogens with zero attached hydrogens (tertiary/aromatic N) is 3. The number of aliphatic imine (C=N–C) groups is 1. The van der Waals surface area contributed by atoms with Crippen LogP contribution in [-0.2, 0) is 5.75 Å². The molecule has 6 nitrogen and oxygen atoms in total. The number of aliphatic hydroxyl groups excluding tert-OH is 1. The minimum atomic E-state index is 0.262. The van der Waals surface area contributed by atoms with E-state index in [1.165, 1.54) is 24.8 Å². The van der Waals surface area contributed by atoms with Gasteiger partial charge in [-0.05, 0) is 50.2 Å². The largest absolute Gasteiger partial charge is 0.396 e. The predicted octanol–water partition coefficient (Wildman–Crippen LogP) is 5.68. The van der Waals surface area contributed by atoms with E-state index < -0.39 is 0 Å². The van der Waals surface area contributed by atoms with E-state index in [9.17, 15) is 5.11 Å². The van der Waals surface area contributed by atoms with E-state index in [-0.39, 0.29) is 6.61 Å². The van der Waals surface area contributed by atoms with Crippen LogP contribution in [0.3, 0.4) is 0 Å². The fourth-order valence-corrected chi connectivity index (χ4v) is 5.58. The summed E-state index contributed by atoms with van der Waals surface area (Å²) in [5.74, 6) is 2.83.